The van der Waals surface area contributed by atoms with Gasteiger partial charge in [0.25, 0.3) is 5.91 Å². The van der Waals surface area contributed by atoms with Gasteiger partial charge in [0, 0.05) is 11.9 Å². The van der Waals surface area contributed by atoms with Crippen LogP contribution < -0.4 is 11.1 Å². The van der Waals surface area contributed by atoms with Gasteiger partial charge in [-0.25, -0.2) is 0 Å². The summed E-state index contributed by atoms with van der Waals surface area (Å²) in [4.78, 5) is 12.2. The molecular formula is C17H22N2O2. The molecule has 1 aromatic carbocycles. The van der Waals surface area contributed by atoms with E-state index in [0.717, 1.165) is 23.0 Å². The van der Waals surface area contributed by atoms with Gasteiger partial charge >= 0.3 is 0 Å². The average molecular weight is 286 g/mol. The van der Waals surface area contributed by atoms with Crippen LogP contribution in [0, 0.1) is 18.8 Å². The minimum atomic E-state index is -0.133. The summed E-state index contributed by atoms with van der Waals surface area (Å²) < 4.78 is 5.62. The largest absolute Gasteiger partial charge is 0.451 e. The molecule has 1 amide bonds. The molecule has 1 fully saturated rings. The molecule has 0 spiro atoms. The number of benzene rings is 1. The number of carbonyl (C=O) groups excluding carboxylic acids is 1. The highest BCUT2D eigenvalue weighted by molar-refractivity contribution is 5.96. The van der Waals surface area contributed by atoms with E-state index in [1.165, 1.54) is 12.8 Å². The first-order valence-electron chi connectivity index (χ1n) is 7.66. The quantitative estimate of drug-likeness (QED) is 0.908. The molecule has 1 aromatic heterocycles. The maximum absolute atomic E-state index is 12.2. The molecule has 21 heavy (non-hydrogen) atoms. The molecule has 1 aliphatic carbocycles. The third-order valence-corrected chi connectivity index (χ3v) is 4.54. The van der Waals surface area contributed by atoms with Crippen molar-refractivity contribution in [2.45, 2.75) is 26.2 Å². The minimum absolute atomic E-state index is 0.133. The lowest BCUT2D eigenvalue weighted by molar-refractivity contribution is 0.0918. The van der Waals surface area contributed by atoms with Gasteiger partial charge in [-0.2, -0.15) is 0 Å². The molecule has 2 atom stereocenters. The fourth-order valence-corrected chi connectivity index (χ4v) is 3.28. The van der Waals surface area contributed by atoms with E-state index in [1.807, 2.05) is 31.2 Å². The topological polar surface area (TPSA) is 68.3 Å². The van der Waals surface area contributed by atoms with Crippen molar-refractivity contribution in [2.24, 2.45) is 17.6 Å². The monoisotopic (exact) mass is 286 g/mol. The predicted molar refractivity (Wildman–Crippen MR) is 83.2 cm³/mol. The molecule has 0 bridgehead atoms. The number of nitrogens with one attached hydrogen (secondary N) is 1. The van der Waals surface area contributed by atoms with E-state index in [4.69, 9.17) is 10.2 Å². The number of aryl methyl sites for hydroxylation is 1. The first kappa shape index (κ1) is 14.1. The molecule has 0 aliphatic heterocycles. The van der Waals surface area contributed by atoms with Crippen molar-refractivity contribution >= 4 is 16.9 Å². The summed E-state index contributed by atoms with van der Waals surface area (Å²) in [5, 5.41) is 3.97. The zero-order valence-electron chi connectivity index (χ0n) is 12.4. The maximum Gasteiger partial charge on any atom is 0.287 e. The van der Waals surface area contributed by atoms with Crippen LogP contribution in [0.3, 0.4) is 0 Å². The third-order valence-electron chi connectivity index (χ3n) is 4.54. The van der Waals surface area contributed by atoms with Gasteiger partial charge in [0.05, 0.1) is 0 Å². The van der Waals surface area contributed by atoms with Crippen LogP contribution >= 0.6 is 0 Å². The summed E-state index contributed by atoms with van der Waals surface area (Å²) in [6.07, 6.45) is 3.55. The van der Waals surface area contributed by atoms with Crippen LogP contribution in [-0.2, 0) is 0 Å². The molecule has 0 radical (unpaired) electrons. The van der Waals surface area contributed by atoms with E-state index in [-0.39, 0.29) is 5.91 Å². The van der Waals surface area contributed by atoms with Gasteiger partial charge in [-0.15, -0.1) is 0 Å². The first-order valence-corrected chi connectivity index (χ1v) is 7.66. The normalized spacial score (nSPS) is 21.8. The van der Waals surface area contributed by atoms with Crippen LogP contribution in [0.15, 0.2) is 28.7 Å². The van der Waals surface area contributed by atoms with E-state index in [0.29, 0.717) is 30.7 Å². The first-order chi connectivity index (χ1) is 10.2. The van der Waals surface area contributed by atoms with Crippen LogP contribution in [0.1, 0.15) is 35.4 Å². The second-order valence-corrected chi connectivity index (χ2v) is 6.05. The van der Waals surface area contributed by atoms with Crippen LogP contribution in [0.25, 0.3) is 11.0 Å². The summed E-state index contributed by atoms with van der Waals surface area (Å²) >= 11 is 0. The second kappa shape index (κ2) is 5.90. The Bertz CT molecular complexity index is 647. The van der Waals surface area contributed by atoms with Gasteiger partial charge < -0.3 is 15.5 Å². The van der Waals surface area contributed by atoms with Gasteiger partial charge in [0.1, 0.15) is 5.58 Å². The van der Waals surface area contributed by atoms with Crippen LogP contribution in [0.4, 0.5) is 0 Å². The zero-order chi connectivity index (χ0) is 14.8. The standard InChI is InChI=1S/C17H22N2O2/c1-11-5-6-15-14(7-11)8-16(21-15)17(20)19-10-13-4-2-3-12(13)9-18/h5-8,12-13H,2-4,9-10,18H2,1H3,(H,19,20). The highest BCUT2D eigenvalue weighted by Gasteiger charge is 2.26. The Kier molecular flexibility index (Phi) is 3.97. The zero-order valence-corrected chi connectivity index (χ0v) is 12.4. The Balaban J connectivity index is 1.66. The molecule has 4 nitrogen and oxygen atoms in total. The Morgan fingerprint density at radius 3 is 2.95 bits per heavy atom. The molecule has 2 unspecified atom stereocenters. The number of amides is 1. The lowest BCUT2D eigenvalue weighted by Crippen LogP contribution is -2.32. The van der Waals surface area contributed by atoms with Gasteiger partial charge in [0.2, 0.25) is 0 Å². The smallest absolute Gasteiger partial charge is 0.287 e. The van der Waals surface area contributed by atoms with Crippen LogP contribution in [-0.4, -0.2) is 19.0 Å². The molecule has 4 heteroatoms. The van der Waals surface area contributed by atoms with E-state index in [2.05, 4.69) is 5.32 Å². The van der Waals surface area contributed by atoms with Crippen LogP contribution in [0.5, 0.6) is 0 Å². The van der Waals surface area contributed by atoms with Crippen molar-refractivity contribution in [3.63, 3.8) is 0 Å². The highest BCUT2D eigenvalue weighted by Crippen LogP contribution is 2.30. The Hall–Kier alpha value is -1.81. The van der Waals surface area contributed by atoms with Crippen molar-refractivity contribution in [3.8, 4) is 0 Å². The van der Waals surface area contributed by atoms with Crippen molar-refractivity contribution in [1.29, 1.82) is 0 Å². The molecule has 1 saturated carbocycles. The highest BCUT2D eigenvalue weighted by atomic mass is 16.3. The predicted octanol–water partition coefficient (Wildman–Crippen LogP) is 2.85. The maximum atomic E-state index is 12.2. The molecule has 3 rings (SSSR count). The number of carbonyl (C=O) groups is 1. The Morgan fingerprint density at radius 2 is 2.14 bits per heavy atom. The van der Waals surface area contributed by atoms with Gasteiger partial charge in [-0.1, -0.05) is 18.1 Å². The summed E-state index contributed by atoms with van der Waals surface area (Å²) in [5.74, 6) is 1.30. The molecule has 1 heterocycles. The van der Waals surface area contributed by atoms with Gasteiger partial charge in [0.15, 0.2) is 5.76 Å². The number of fused-ring (bicyclic) bond motifs is 1. The van der Waals surface area contributed by atoms with E-state index in [1.54, 1.807) is 0 Å². The fourth-order valence-electron chi connectivity index (χ4n) is 3.28. The van der Waals surface area contributed by atoms with Crippen molar-refractivity contribution in [3.05, 3.63) is 35.6 Å². The Labute approximate surface area is 124 Å². The summed E-state index contributed by atoms with van der Waals surface area (Å²) in [6.45, 7) is 3.43. The van der Waals surface area contributed by atoms with E-state index < -0.39 is 0 Å². The molecule has 0 saturated heterocycles. The number of hydrogen-bond donors (Lipinski definition) is 2. The van der Waals surface area contributed by atoms with Crippen LogP contribution in [0.2, 0.25) is 0 Å². The minimum Gasteiger partial charge on any atom is -0.451 e. The van der Waals surface area contributed by atoms with E-state index in [9.17, 15) is 4.79 Å². The number of hydrogen-bond acceptors (Lipinski definition) is 3. The summed E-state index contributed by atoms with van der Waals surface area (Å²) in [7, 11) is 0. The number of rotatable bonds is 4. The number of nitrogens with two attached hydrogens (primary N) is 1. The lowest BCUT2D eigenvalue weighted by atomic mass is 9.96. The fraction of sp³-hybridized carbons (Fsp3) is 0.471. The van der Waals surface area contributed by atoms with Gasteiger partial charge in [-0.05, 0) is 56.3 Å². The summed E-state index contributed by atoms with van der Waals surface area (Å²) in [5.41, 5.74) is 7.69. The van der Waals surface area contributed by atoms with Gasteiger partial charge in [-0.3, -0.25) is 4.79 Å². The SMILES string of the molecule is Cc1ccc2oc(C(=O)NCC3CCCC3CN)cc2c1. The van der Waals surface area contributed by atoms with Crippen molar-refractivity contribution in [1.82, 2.24) is 5.32 Å². The molecule has 1 aliphatic rings. The molecule has 2 aromatic rings. The lowest BCUT2D eigenvalue weighted by Gasteiger charge is -2.17. The third kappa shape index (κ3) is 2.95. The Morgan fingerprint density at radius 1 is 1.33 bits per heavy atom. The summed E-state index contributed by atoms with van der Waals surface area (Å²) in [6, 6.07) is 7.73. The second-order valence-electron chi connectivity index (χ2n) is 6.05. The van der Waals surface area contributed by atoms with Crippen molar-refractivity contribution in [2.75, 3.05) is 13.1 Å². The molecule has 3 N–H and O–H groups in total. The number of furan rings is 1. The van der Waals surface area contributed by atoms with Crippen molar-refractivity contribution < 1.29 is 9.21 Å². The average Bonchev–Trinajstić information content (AvgIpc) is 3.10. The van der Waals surface area contributed by atoms with E-state index >= 15 is 0 Å². The molecule has 112 valence electrons. The molecular weight excluding hydrogens is 264 g/mol.